The van der Waals surface area contributed by atoms with Crippen LogP contribution in [0, 0.1) is 0 Å². The smallest absolute Gasteiger partial charge is 0.305 e. The van der Waals surface area contributed by atoms with Gasteiger partial charge >= 0.3 is 11.9 Å². The monoisotopic (exact) mass is 1270 g/mol. The molecule has 0 atom stereocenters. The first-order chi connectivity index (χ1) is 34.3. The number of carbonyl (C=O) groups excluding carboxylic acids is 5. The molecule has 0 aromatic carbocycles. The summed E-state index contributed by atoms with van der Waals surface area (Å²) in [6, 6.07) is 0. The maximum absolute atomic E-state index is 10.3. The van der Waals surface area contributed by atoms with Gasteiger partial charge in [-0.3, -0.25) is 19.2 Å². The number of hydrogen-bond donors (Lipinski definition) is 0. The summed E-state index contributed by atoms with van der Waals surface area (Å²) >= 11 is 5.48. The summed E-state index contributed by atoms with van der Waals surface area (Å²) in [6.07, 6.45) is 19.4. The van der Waals surface area contributed by atoms with Gasteiger partial charge in [0, 0.05) is 85.6 Å². The topological polar surface area (TPSA) is 339 Å². The van der Waals surface area contributed by atoms with E-state index >= 15 is 0 Å². The van der Waals surface area contributed by atoms with Gasteiger partial charge in [-0.1, -0.05) is 53.4 Å². The van der Waals surface area contributed by atoms with Crippen molar-refractivity contribution in [2.24, 2.45) is 0 Å². The summed E-state index contributed by atoms with van der Waals surface area (Å²) in [6.45, 7) is 22.1. The molecule has 0 aromatic heterocycles. The molecule has 0 fully saturated rings. The van der Waals surface area contributed by atoms with E-state index in [4.69, 9.17) is 9.47 Å². The first-order valence-electron chi connectivity index (χ1n) is 22.1. The van der Waals surface area contributed by atoms with Gasteiger partial charge in [0.05, 0.1) is 18.9 Å². The second-order valence-electron chi connectivity index (χ2n) is 14.1. The van der Waals surface area contributed by atoms with Crippen molar-refractivity contribution in [1.29, 1.82) is 0 Å². The number of methoxy groups -OCH3 is 3. The molecule has 0 spiro atoms. The number of unbranched alkanes of at least 4 members (excludes halogenated alkanes) is 2. The van der Waals surface area contributed by atoms with Crippen molar-refractivity contribution in [3.05, 3.63) is 0 Å². The summed E-state index contributed by atoms with van der Waals surface area (Å²) in [5, 5.41) is 0.458. The molecule has 0 aromatic rings. The number of esters is 2. The fourth-order valence-corrected chi connectivity index (χ4v) is 6.50. The molecule has 0 bridgehead atoms. The van der Waals surface area contributed by atoms with E-state index in [2.05, 4.69) is 72.3 Å². The molecule has 0 amide bonds. The normalized spacial score (nSPS) is 9.61. The summed E-state index contributed by atoms with van der Waals surface area (Å²) < 4.78 is 141. The first-order valence-corrected chi connectivity index (χ1v) is 36.6. The van der Waals surface area contributed by atoms with Gasteiger partial charge in [-0.2, -0.15) is 52.1 Å². The van der Waals surface area contributed by atoms with Gasteiger partial charge in [-0.15, -0.1) is 0 Å². The van der Waals surface area contributed by atoms with Crippen LogP contribution < -0.4 is 0 Å². The van der Waals surface area contributed by atoms with Crippen LogP contribution in [0.3, 0.4) is 0 Å². The second-order valence-corrected chi connectivity index (χ2v) is 27.3. The molecule has 0 saturated heterocycles. The Morgan fingerprint density at radius 3 is 0.789 bits per heavy atom. The van der Waals surface area contributed by atoms with E-state index in [9.17, 15) is 66.1 Å². The van der Waals surface area contributed by atoms with Crippen molar-refractivity contribution in [1.82, 2.24) is 0 Å². The molecular formula is C44H104O24S8. The number of ether oxygens (including phenoxy) is 7. The largest absolute Gasteiger partial charge is 0.428 e. The van der Waals surface area contributed by atoms with Crippen LogP contribution in [0.15, 0.2) is 0 Å². The van der Waals surface area contributed by atoms with Crippen LogP contribution in [0.4, 0.5) is 0 Å². The quantitative estimate of drug-likeness (QED) is 0.0408. The molecular weight excluding hydrogens is 1170 g/mol. The summed E-state index contributed by atoms with van der Waals surface area (Å²) in [5.74, 6) is -0.882. The van der Waals surface area contributed by atoms with E-state index in [0.29, 0.717) is 13.6 Å². The number of sulfone groups is 3. The number of Topliss-reactive ketones (excluding diaryl/α,β-unsaturated/α-hetero) is 3. The summed E-state index contributed by atoms with van der Waals surface area (Å²) in [4.78, 5) is 49.5. The molecule has 0 rings (SSSR count). The molecule has 472 valence electrons. The van der Waals surface area contributed by atoms with E-state index in [1.54, 1.807) is 40.2 Å². The summed E-state index contributed by atoms with van der Waals surface area (Å²) in [7, 11) is -10.3. The Balaban J connectivity index is -0.0000000524. The standard InChI is InChI=1S/C5H8O4.C5H8O2.C5H12O2.C5H12.C3H8O6S2.C3H8O4S2.C3H8O2.C3H6O.C3H8S2.C3H8.C2H6O2S.C2H6O.C2H6S/c1-4(6)8-3-9-5(2)7;1-4(6)3-5(2)7;1-3-6-5-7-4-2;1-3-5-4-2;1-10(4,5)8-3-9-11(2,6)7;1-8(4,5)3-9(2,6)7;1-4-3-5-2;1-3(2)4;1-4-3-5-2;1-3-2;1-5(2,3)4;2*1-3-2/h3H2,1-2H3;3H2,1-2H3;3-5H2,1-2H3;3-5H2,1-2H3;3H2,1-2H3;3H2,1-2H3;3H2,1-2H3;1-2H3;3H2,1-2H3;3H2,1-2H3;1-2H3;2*1-2H3. The van der Waals surface area contributed by atoms with Gasteiger partial charge in [0.15, 0.2) is 31.6 Å². The third kappa shape index (κ3) is 351. The first kappa shape index (κ1) is 106. The molecule has 24 nitrogen and oxygen atoms in total. The summed E-state index contributed by atoms with van der Waals surface area (Å²) in [5.41, 5.74) is 0. The molecule has 32 heteroatoms. The lowest BCUT2D eigenvalue weighted by atomic mass is 10.2. The molecule has 0 heterocycles. The van der Waals surface area contributed by atoms with Gasteiger partial charge in [-0.05, 0) is 66.6 Å². The van der Waals surface area contributed by atoms with E-state index in [0.717, 1.165) is 50.7 Å². The SMILES string of the molecule is CC(=O)CC(C)=O.CC(=O)OCOC(C)=O.CC(C)=O.CCC.CCCCC.CCOCOCC.COC.COCOC.CS(=O)(=O)CS(C)(=O)=O.CS(=O)(=O)OCOS(C)(=O)=O.CS(C)(=O)=O.CSC.CSCSC. The van der Waals surface area contributed by atoms with Crippen LogP contribution in [0.2, 0.25) is 0 Å². The van der Waals surface area contributed by atoms with Crippen molar-refractivity contribution < 1.29 is 108 Å². The van der Waals surface area contributed by atoms with Crippen LogP contribution in [0.5, 0.6) is 0 Å². The Hall–Kier alpha value is -1.53. The molecule has 0 aliphatic rings. The molecule has 0 aliphatic carbocycles. The lowest BCUT2D eigenvalue weighted by molar-refractivity contribution is -0.164. The fraction of sp³-hybridized carbons (Fsp3) is 0.886. The zero-order valence-electron chi connectivity index (χ0n) is 50.8. The number of hydrogen-bond acceptors (Lipinski definition) is 27. The van der Waals surface area contributed by atoms with Gasteiger partial charge in [0.1, 0.15) is 40.8 Å². The zero-order chi connectivity index (χ0) is 64.1. The maximum atomic E-state index is 10.3. The fourth-order valence-electron chi connectivity index (χ4n) is 1.94. The van der Waals surface area contributed by atoms with Crippen molar-refractivity contribution in [3.8, 4) is 0 Å². The van der Waals surface area contributed by atoms with Crippen LogP contribution in [0.1, 0.15) is 115 Å². The predicted molar refractivity (Wildman–Crippen MR) is 315 cm³/mol. The minimum absolute atomic E-state index is 0.0625. The highest BCUT2D eigenvalue weighted by Crippen LogP contribution is 2.01. The maximum Gasteiger partial charge on any atom is 0.305 e. The molecule has 0 unspecified atom stereocenters. The highest BCUT2D eigenvalue weighted by atomic mass is 32.3. The number of carbonyl (C=O) groups is 5. The second kappa shape index (κ2) is 82.3. The molecule has 0 radical (unpaired) electrons. The minimum Gasteiger partial charge on any atom is -0.428 e. The Kier molecular flexibility index (Phi) is 115. The Morgan fingerprint density at radius 2 is 0.711 bits per heavy atom. The van der Waals surface area contributed by atoms with Gasteiger partial charge in [-0.25, -0.2) is 33.6 Å². The van der Waals surface area contributed by atoms with Gasteiger partial charge < -0.3 is 38.0 Å². The highest BCUT2D eigenvalue weighted by Gasteiger charge is 2.11. The lowest BCUT2D eigenvalue weighted by Crippen LogP contribution is -2.12. The highest BCUT2D eigenvalue weighted by molar-refractivity contribution is 8.15. The van der Waals surface area contributed by atoms with Gasteiger partial charge in [0.2, 0.25) is 6.79 Å². The zero-order valence-corrected chi connectivity index (χ0v) is 57.3. The number of ketones is 3. The van der Waals surface area contributed by atoms with Crippen molar-refractivity contribution >= 4 is 114 Å². The average Bonchev–Trinajstić information content (AvgIpc) is 3.18. The number of rotatable bonds is 20. The molecule has 0 aliphatic heterocycles. The van der Waals surface area contributed by atoms with E-state index in [-0.39, 0.29) is 30.6 Å². The van der Waals surface area contributed by atoms with E-state index in [1.165, 1.54) is 72.3 Å². The van der Waals surface area contributed by atoms with Crippen molar-refractivity contribution in [2.45, 2.75) is 115 Å². The van der Waals surface area contributed by atoms with Crippen LogP contribution in [0.25, 0.3) is 0 Å². The van der Waals surface area contributed by atoms with Crippen LogP contribution in [-0.2, 0) is 115 Å². The van der Waals surface area contributed by atoms with Crippen molar-refractivity contribution in [3.63, 3.8) is 0 Å². The third-order valence-corrected chi connectivity index (χ3v) is 10.1. The predicted octanol–water partition coefficient (Wildman–Crippen LogP) is 6.59. The Morgan fingerprint density at radius 1 is 0.461 bits per heavy atom. The van der Waals surface area contributed by atoms with E-state index in [1.807, 2.05) is 49.9 Å². The van der Waals surface area contributed by atoms with E-state index < -0.39 is 73.6 Å². The Labute approximate surface area is 475 Å². The Bertz CT molecular complexity index is 1650. The molecule has 76 heavy (non-hydrogen) atoms. The lowest BCUT2D eigenvalue weighted by Gasteiger charge is -1.99. The molecule has 0 N–H and O–H groups in total. The van der Waals surface area contributed by atoms with Crippen LogP contribution >= 0.6 is 35.3 Å². The van der Waals surface area contributed by atoms with Gasteiger partial charge in [0.25, 0.3) is 20.2 Å². The average molecular weight is 1270 g/mol. The number of thioether (sulfide) groups is 3. The van der Waals surface area contributed by atoms with Crippen molar-refractivity contribution in [2.75, 3.05) is 142 Å². The van der Waals surface area contributed by atoms with Crippen LogP contribution in [-0.4, -0.2) is 213 Å². The molecule has 0 saturated carbocycles. The minimum atomic E-state index is -3.64. The third-order valence-electron chi connectivity index (χ3n) is 3.73.